The number of carbonyl (C=O) groups excluding carboxylic acids is 1. The van der Waals surface area contributed by atoms with E-state index in [1.807, 2.05) is 0 Å². The van der Waals surface area contributed by atoms with E-state index in [1.54, 1.807) is 12.1 Å². The normalized spacial score (nSPS) is 12.4. The summed E-state index contributed by atoms with van der Waals surface area (Å²) >= 11 is 5.78. The van der Waals surface area contributed by atoms with Gasteiger partial charge in [0.1, 0.15) is 11.8 Å². The van der Waals surface area contributed by atoms with Gasteiger partial charge in [-0.2, -0.15) is 0 Å². The van der Waals surface area contributed by atoms with Crippen LogP contribution in [0.25, 0.3) is 11.5 Å². The molecular formula is C18H13ClF3N3O4. The minimum atomic E-state index is -4.80. The molecule has 2 aromatic carbocycles. The van der Waals surface area contributed by atoms with Gasteiger partial charge in [0.25, 0.3) is 5.91 Å². The zero-order chi connectivity index (χ0) is 21.0. The second kappa shape index (κ2) is 8.50. The summed E-state index contributed by atoms with van der Waals surface area (Å²) in [6.45, 7) is -0.515. The highest BCUT2D eigenvalue weighted by Crippen LogP contribution is 2.26. The first-order valence-electron chi connectivity index (χ1n) is 8.12. The molecule has 0 unspecified atom stereocenters. The molecular weight excluding hydrogens is 415 g/mol. The maximum atomic E-state index is 12.3. The van der Waals surface area contributed by atoms with Crippen LogP contribution >= 0.6 is 11.6 Å². The van der Waals surface area contributed by atoms with E-state index in [2.05, 4.69) is 20.3 Å². The van der Waals surface area contributed by atoms with E-state index in [0.717, 1.165) is 12.1 Å². The minimum Gasteiger partial charge on any atom is -0.418 e. The number of ether oxygens (including phenoxy) is 1. The summed E-state index contributed by atoms with van der Waals surface area (Å²) in [5, 5.41) is 20.1. The van der Waals surface area contributed by atoms with Crippen molar-refractivity contribution in [3.63, 3.8) is 0 Å². The predicted octanol–water partition coefficient (Wildman–Crippen LogP) is 3.75. The van der Waals surface area contributed by atoms with Gasteiger partial charge in [-0.05, 0) is 48.5 Å². The predicted molar refractivity (Wildman–Crippen MR) is 95.2 cm³/mol. The van der Waals surface area contributed by atoms with Gasteiger partial charge in [0.2, 0.25) is 11.8 Å². The first-order valence-corrected chi connectivity index (χ1v) is 8.50. The van der Waals surface area contributed by atoms with Crippen LogP contribution in [0.3, 0.4) is 0 Å². The van der Waals surface area contributed by atoms with E-state index in [1.165, 1.54) is 24.3 Å². The fraction of sp³-hybridized carbons (Fsp3) is 0.167. The second-order valence-electron chi connectivity index (χ2n) is 5.73. The van der Waals surface area contributed by atoms with Gasteiger partial charge in [-0.1, -0.05) is 11.6 Å². The monoisotopic (exact) mass is 427 g/mol. The Balaban J connectivity index is 1.71. The maximum Gasteiger partial charge on any atom is 0.573 e. The SMILES string of the molecule is O=C(N[C@H](CO)c1nnc(-c2ccc(OC(F)(F)F)cc2)o1)c1ccc(Cl)cc1. The standard InChI is InChI=1S/C18H13ClF3N3O4/c19-12-5-1-10(2-6-12)15(27)23-14(9-26)17-25-24-16(28-17)11-3-7-13(8-4-11)29-18(20,21)22/h1-8,14,26H,9H2,(H,23,27)/t14-/m1/s1. The Morgan fingerprint density at radius 2 is 1.79 bits per heavy atom. The van der Waals surface area contributed by atoms with Crippen molar-refractivity contribution in [2.45, 2.75) is 12.4 Å². The van der Waals surface area contributed by atoms with Gasteiger partial charge < -0.3 is 19.6 Å². The van der Waals surface area contributed by atoms with Gasteiger partial charge in [-0.15, -0.1) is 23.4 Å². The van der Waals surface area contributed by atoms with Crippen LogP contribution in [0.15, 0.2) is 52.9 Å². The lowest BCUT2D eigenvalue weighted by Gasteiger charge is -2.12. The van der Waals surface area contributed by atoms with Gasteiger partial charge in [-0.3, -0.25) is 4.79 Å². The van der Waals surface area contributed by atoms with Crippen LogP contribution in [0.2, 0.25) is 5.02 Å². The molecule has 0 spiro atoms. The highest BCUT2D eigenvalue weighted by Gasteiger charge is 2.31. The van der Waals surface area contributed by atoms with E-state index in [4.69, 9.17) is 16.0 Å². The summed E-state index contributed by atoms with van der Waals surface area (Å²) in [5.41, 5.74) is 0.645. The van der Waals surface area contributed by atoms with Crippen molar-refractivity contribution in [1.82, 2.24) is 15.5 Å². The van der Waals surface area contributed by atoms with Crippen molar-refractivity contribution in [2.24, 2.45) is 0 Å². The maximum absolute atomic E-state index is 12.3. The largest absolute Gasteiger partial charge is 0.573 e. The van der Waals surface area contributed by atoms with E-state index >= 15 is 0 Å². The van der Waals surface area contributed by atoms with Crippen LogP contribution in [-0.4, -0.2) is 34.2 Å². The topological polar surface area (TPSA) is 97.5 Å². The van der Waals surface area contributed by atoms with Crippen molar-refractivity contribution in [3.05, 3.63) is 65.0 Å². The fourth-order valence-corrected chi connectivity index (χ4v) is 2.45. The third-order valence-electron chi connectivity index (χ3n) is 3.67. The second-order valence-corrected chi connectivity index (χ2v) is 6.17. The number of aliphatic hydroxyl groups is 1. The number of rotatable bonds is 6. The lowest BCUT2D eigenvalue weighted by Crippen LogP contribution is -2.31. The zero-order valence-electron chi connectivity index (χ0n) is 14.5. The molecule has 11 heteroatoms. The van der Waals surface area contributed by atoms with E-state index in [9.17, 15) is 23.1 Å². The lowest BCUT2D eigenvalue weighted by molar-refractivity contribution is -0.274. The molecule has 0 bridgehead atoms. The molecule has 3 rings (SSSR count). The van der Waals surface area contributed by atoms with Crippen molar-refractivity contribution in [2.75, 3.05) is 6.61 Å². The van der Waals surface area contributed by atoms with Crippen LogP contribution < -0.4 is 10.1 Å². The Labute approximate surface area is 167 Å². The van der Waals surface area contributed by atoms with Crippen molar-refractivity contribution in [1.29, 1.82) is 0 Å². The molecule has 0 radical (unpaired) electrons. The number of aromatic nitrogens is 2. The number of halogens is 4. The number of hydrogen-bond donors (Lipinski definition) is 2. The number of aliphatic hydroxyl groups excluding tert-OH is 1. The van der Waals surface area contributed by atoms with Gasteiger partial charge in [-0.25, -0.2) is 0 Å². The average molecular weight is 428 g/mol. The number of alkyl halides is 3. The molecule has 1 atom stereocenters. The van der Waals surface area contributed by atoms with Crippen molar-refractivity contribution >= 4 is 17.5 Å². The molecule has 2 N–H and O–H groups in total. The molecule has 29 heavy (non-hydrogen) atoms. The van der Waals surface area contributed by atoms with Crippen LogP contribution in [0.5, 0.6) is 5.75 Å². The third kappa shape index (κ3) is 5.46. The summed E-state index contributed by atoms with van der Waals surface area (Å²) in [4.78, 5) is 12.3. The number of benzene rings is 2. The number of nitrogens with zero attached hydrogens (tertiary/aromatic N) is 2. The van der Waals surface area contributed by atoms with Crippen molar-refractivity contribution < 1.29 is 32.2 Å². The first-order chi connectivity index (χ1) is 13.7. The molecule has 1 aromatic heterocycles. The first kappa shape index (κ1) is 20.6. The third-order valence-corrected chi connectivity index (χ3v) is 3.92. The summed E-state index contributed by atoms with van der Waals surface area (Å²) in [6, 6.07) is 9.93. The van der Waals surface area contributed by atoms with Gasteiger partial charge in [0.15, 0.2) is 0 Å². The quantitative estimate of drug-likeness (QED) is 0.621. The van der Waals surface area contributed by atoms with Crippen molar-refractivity contribution in [3.8, 4) is 17.2 Å². The summed E-state index contributed by atoms with van der Waals surface area (Å²) < 4.78 is 45.9. The molecule has 3 aromatic rings. The molecule has 0 fully saturated rings. The minimum absolute atomic E-state index is 0.00208. The Hall–Kier alpha value is -3.11. The smallest absolute Gasteiger partial charge is 0.418 e. The number of nitrogens with one attached hydrogen (secondary N) is 1. The molecule has 7 nitrogen and oxygen atoms in total. The Bertz CT molecular complexity index is 975. The molecule has 152 valence electrons. The zero-order valence-corrected chi connectivity index (χ0v) is 15.2. The highest BCUT2D eigenvalue weighted by molar-refractivity contribution is 6.30. The number of carbonyl (C=O) groups is 1. The molecule has 1 amide bonds. The van der Waals surface area contributed by atoms with Crippen LogP contribution in [0.4, 0.5) is 13.2 Å². The molecule has 0 aliphatic heterocycles. The fourth-order valence-electron chi connectivity index (χ4n) is 2.32. The molecule has 0 saturated heterocycles. The summed E-state index contributed by atoms with van der Waals surface area (Å²) in [5.74, 6) is -0.961. The summed E-state index contributed by atoms with van der Waals surface area (Å²) in [7, 11) is 0. The van der Waals surface area contributed by atoms with Crippen LogP contribution in [-0.2, 0) is 0 Å². The van der Waals surface area contributed by atoms with Gasteiger partial charge in [0, 0.05) is 16.1 Å². The number of hydrogen-bond acceptors (Lipinski definition) is 6. The molecule has 0 aliphatic rings. The summed E-state index contributed by atoms with van der Waals surface area (Å²) in [6.07, 6.45) is -4.80. The van der Waals surface area contributed by atoms with E-state index in [0.29, 0.717) is 16.1 Å². The van der Waals surface area contributed by atoms with Crippen LogP contribution in [0, 0.1) is 0 Å². The van der Waals surface area contributed by atoms with E-state index < -0.39 is 30.7 Å². The van der Waals surface area contributed by atoms with Gasteiger partial charge in [0.05, 0.1) is 6.61 Å². The molecule has 0 aliphatic carbocycles. The van der Waals surface area contributed by atoms with Gasteiger partial charge >= 0.3 is 6.36 Å². The lowest BCUT2D eigenvalue weighted by atomic mass is 10.2. The highest BCUT2D eigenvalue weighted by atomic mass is 35.5. The number of amides is 1. The van der Waals surface area contributed by atoms with Crippen LogP contribution in [0.1, 0.15) is 22.3 Å². The Morgan fingerprint density at radius 3 is 2.38 bits per heavy atom. The Kier molecular flexibility index (Phi) is 6.04. The van der Waals surface area contributed by atoms with E-state index in [-0.39, 0.29) is 11.8 Å². The Morgan fingerprint density at radius 1 is 1.14 bits per heavy atom. The molecule has 0 saturated carbocycles. The molecule has 1 heterocycles. The average Bonchev–Trinajstić information content (AvgIpc) is 3.15.